The van der Waals surface area contributed by atoms with Gasteiger partial charge in [-0.15, -0.1) is 0 Å². The van der Waals surface area contributed by atoms with Gasteiger partial charge in [-0.25, -0.2) is 0 Å². The molecule has 2 aliphatic heterocycles. The van der Waals surface area contributed by atoms with Crippen molar-refractivity contribution < 1.29 is 16.4 Å². The summed E-state index contributed by atoms with van der Waals surface area (Å²) in [5.41, 5.74) is 18.7. The maximum atomic E-state index is 10.4. The van der Waals surface area contributed by atoms with Crippen LogP contribution in [0.5, 0.6) is 0 Å². The van der Waals surface area contributed by atoms with Crippen molar-refractivity contribution in [3.05, 3.63) is 307 Å². The van der Waals surface area contributed by atoms with Crippen LogP contribution in [0.15, 0.2) is 279 Å². The SMILES string of the molecule is [2H]c1c([2H])c([2H])c2c(c1[2H])c1cc(CC(C)(C)C)ccc1n2-c1ccc2c(c1)N(c1cc(-c3ccccc3)c(C([2H])([2H])C(C)(C)C)cc1-c1ccccc1)c1cc(CC(C)(C)C)cc3c1B2c1ccc(-n2c4ccc(CC(C)(C)C)cc4c4c([2H])c([2H])c([2H])c([2H])c42)cc1N3c1cc(-c2ccccc2)c(C([2H])([2H])C(C)(C)C)cc1-c1ccccc1. The molecule has 4 heterocycles. The highest BCUT2D eigenvalue weighted by Crippen LogP contribution is 2.53. The quantitative estimate of drug-likeness (QED) is 0.107. The second-order valence-corrected chi connectivity index (χ2v) is 35.7. The highest BCUT2D eigenvalue weighted by molar-refractivity contribution is 7.00. The zero-order chi connectivity index (χ0) is 85.5. The van der Waals surface area contributed by atoms with E-state index in [1.807, 2.05) is 123 Å². The van der Waals surface area contributed by atoms with Crippen molar-refractivity contribution in [2.45, 2.75) is 136 Å². The average Bonchev–Trinajstić information content (AvgIpc) is 0.820. The molecule has 0 unspecified atom stereocenters. The first-order valence-corrected chi connectivity index (χ1v) is 38.2. The maximum Gasteiger partial charge on any atom is 0.252 e. The molecule has 2 aromatic heterocycles. The molecular weight excluding hydrogens is 1300 g/mol. The standard InChI is InChI=1S/C103H101BN4/c1-99(2,3)62-67-44-50-90-84(52-67)78-40-28-30-42-88(78)105(90)76-46-48-86-94(58-76)107(92-60-80(70-32-20-16-21-33-70)74(65-102(10,11)12)56-82(92)72-36-24-18-25-37-72)96-54-69(64-101(7,8)9)55-97-98(96)104(86)87-49-47-77(106-89-43-31-29-41-79(89)85-53-68(45-51-91(85)106)63-100(4,5)6)59-95(87)108(97)93-61-81(71-34-22-17-23-35-71)75(66-103(13,14)15)57-83(93)73-38-26-19-27-39-73/h16-61H,62-66H2,1-15H3/i28D,29D,30D,31D,40D,41D,42D,43D,65D2,66D2. The Bertz CT molecular complexity index is 6300. The highest BCUT2D eigenvalue weighted by atomic mass is 15.2. The molecule has 0 bridgehead atoms. The number of benzene rings is 13. The van der Waals surface area contributed by atoms with E-state index in [4.69, 9.17) is 0 Å². The first kappa shape index (κ1) is 57.3. The minimum absolute atomic E-state index is 0.110. The van der Waals surface area contributed by atoms with Gasteiger partial charge in [-0.2, -0.15) is 0 Å². The topological polar surface area (TPSA) is 16.3 Å². The number of anilines is 6. The summed E-state index contributed by atoms with van der Waals surface area (Å²) in [4.78, 5) is 4.78. The Balaban J connectivity index is 1.08. The van der Waals surface area contributed by atoms with Crippen LogP contribution in [-0.4, -0.2) is 15.8 Å². The average molecular weight is 1420 g/mol. The minimum atomic E-state index is -1.91. The lowest BCUT2D eigenvalue weighted by molar-refractivity contribution is 0.411. The fraction of sp³-hybridized carbons (Fsp3) is 0.243. The Labute approximate surface area is 658 Å². The Morgan fingerprint density at radius 1 is 0.296 bits per heavy atom. The molecule has 0 amide bonds. The van der Waals surface area contributed by atoms with Crippen molar-refractivity contribution in [3.63, 3.8) is 0 Å². The minimum Gasteiger partial charge on any atom is -0.311 e. The van der Waals surface area contributed by atoms with Gasteiger partial charge in [0.2, 0.25) is 0 Å². The first-order chi connectivity index (χ1) is 56.5. The van der Waals surface area contributed by atoms with E-state index in [1.54, 1.807) is 0 Å². The molecule has 5 heteroatoms. The lowest BCUT2D eigenvalue weighted by Gasteiger charge is -2.46. The molecule has 4 nitrogen and oxygen atoms in total. The number of rotatable bonds is 13. The zero-order valence-electron chi connectivity index (χ0n) is 76.9. The van der Waals surface area contributed by atoms with E-state index >= 15 is 0 Å². The summed E-state index contributed by atoms with van der Waals surface area (Å²) in [6.45, 7) is 31.0. The smallest absolute Gasteiger partial charge is 0.252 e. The second-order valence-electron chi connectivity index (χ2n) is 35.7. The molecular formula is C103H101BN4. The Morgan fingerprint density at radius 3 is 1.01 bits per heavy atom. The van der Waals surface area contributed by atoms with Crippen LogP contribution >= 0.6 is 0 Å². The fourth-order valence-electron chi connectivity index (χ4n) is 17.0. The lowest BCUT2D eigenvalue weighted by Crippen LogP contribution is -2.61. The van der Waals surface area contributed by atoms with Crippen molar-refractivity contribution >= 4 is 101 Å². The third-order valence-electron chi connectivity index (χ3n) is 20.9. The van der Waals surface area contributed by atoms with Gasteiger partial charge in [-0.05, 0) is 234 Å². The molecule has 2 aliphatic rings. The molecule has 0 atom stereocenters. The third-order valence-corrected chi connectivity index (χ3v) is 20.9. The molecule has 536 valence electrons. The molecule has 108 heavy (non-hydrogen) atoms. The number of para-hydroxylation sites is 2. The van der Waals surface area contributed by atoms with Crippen LogP contribution in [0.4, 0.5) is 34.1 Å². The van der Waals surface area contributed by atoms with Crippen molar-refractivity contribution in [1.82, 2.24) is 9.13 Å². The molecule has 17 rings (SSSR count). The molecule has 15 aromatic rings. The number of hydrogen-bond acceptors (Lipinski definition) is 2. The normalized spacial score (nSPS) is 15.1. The predicted octanol–water partition coefficient (Wildman–Crippen LogP) is 26.6. The summed E-state index contributed by atoms with van der Waals surface area (Å²) in [6.07, 6.45) is -1.81. The Kier molecular flexibility index (Phi) is 14.1. The molecule has 13 aromatic carbocycles. The van der Waals surface area contributed by atoms with Gasteiger partial charge >= 0.3 is 0 Å². The largest absolute Gasteiger partial charge is 0.311 e. The predicted molar refractivity (Wildman–Crippen MR) is 467 cm³/mol. The zero-order valence-corrected chi connectivity index (χ0v) is 64.9. The molecule has 0 fully saturated rings. The molecule has 0 N–H and O–H groups in total. The molecule has 0 saturated carbocycles. The van der Waals surface area contributed by atoms with Crippen molar-refractivity contribution in [2.24, 2.45) is 27.1 Å². The van der Waals surface area contributed by atoms with Crippen LogP contribution in [0.1, 0.15) is 148 Å². The molecule has 0 aliphatic carbocycles. The summed E-state index contributed by atoms with van der Waals surface area (Å²) >= 11 is 0. The monoisotopic (exact) mass is 1420 g/mol. The summed E-state index contributed by atoms with van der Waals surface area (Å²) in [6, 6.07) is 77.5. The third kappa shape index (κ3) is 13.3. The van der Waals surface area contributed by atoms with Gasteiger partial charge in [0.15, 0.2) is 0 Å². The Hall–Kier alpha value is -10.9. The number of nitrogens with zero attached hydrogens (tertiary/aromatic N) is 4. The highest BCUT2D eigenvalue weighted by Gasteiger charge is 2.46. The van der Waals surface area contributed by atoms with Crippen molar-refractivity contribution in [2.75, 3.05) is 9.80 Å². The van der Waals surface area contributed by atoms with Gasteiger partial charge in [0, 0.05) is 72.3 Å². The van der Waals surface area contributed by atoms with E-state index in [0.29, 0.717) is 96.5 Å². The van der Waals surface area contributed by atoms with E-state index in [1.165, 1.54) is 0 Å². The van der Waals surface area contributed by atoms with E-state index in [0.717, 1.165) is 101 Å². The van der Waals surface area contributed by atoms with Gasteiger partial charge in [0.05, 0.1) is 44.4 Å². The van der Waals surface area contributed by atoms with Crippen LogP contribution < -0.4 is 26.2 Å². The van der Waals surface area contributed by atoms with Crippen molar-refractivity contribution in [3.8, 4) is 55.9 Å². The van der Waals surface area contributed by atoms with Crippen LogP contribution in [0, 0.1) is 27.1 Å². The van der Waals surface area contributed by atoms with Crippen LogP contribution in [-0.2, 0) is 32.0 Å². The van der Waals surface area contributed by atoms with Crippen LogP contribution in [0.3, 0.4) is 0 Å². The second kappa shape index (κ2) is 26.5. The number of fused-ring (bicyclic) bond motifs is 10. The van der Waals surface area contributed by atoms with E-state index in [-0.39, 0.29) is 64.6 Å². The van der Waals surface area contributed by atoms with Crippen LogP contribution in [0.25, 0.3) is 99.5 Å². The number of aromatic nitrogens is 2. The van der Waals surface area contributed by atoms with E-state index < -0.39 is 30.3 Å². The van der Waals surface area contributed by atoms with Gasteiger partial charge in [-0.3, -0.25) is 0 Å². The maximum absolute atomic E-state index is 10.4. The van der Waals surface area contributed by atoms with Gasteiger partial charge < -0.3 is 18.9 Å². The first-order valence-electron chi connectivity index (χ1n) is 44.2. The summed E-state index contributed by atoms with van der Waals surface area (Å²) in [7, 11) is 0. The van der Waals surface area contributed by atoms with E-state index in [2.05, 4.69) is 230 Å². The van der Waals surface area contributed by atoms with Gasteiger partial charge in [0.25, 0.3) is 6.71 Å². The van der Waals surface area contributed by atoms with Gasteiger partial charge in [0.1, 0.15) is 0 Å². The summed E-state index contributed by atoms with van der Waals surface area (Å²) < 4.78 is 123. The van der Waals surface area contributed by atoms with Crippen molar-refractivity contribution in [1.29, 1.82) is 0 Å². The lowest BCUT2D eigenvalue weighted by atomic mass is 9.33. The summed E-state index contributed by atoms with van der Waals surface area (Å²) in [5, 5.41) is 2.23. The number of hydrogen-bond donors (Lipinski definition) is 0. The Morgan fingerprint density at radius 2 is 0.648 bits per heavy atom. The van der Waals surface area contributed by atoms with E-state index in [9.17, 15) is 16.4 Å². The molecule has 0 radical (unpaired) electrons. The molecule has 0 spiro atoms. The fourth-order valence-corrected chi connectivity index (χ4v) is 17.0. The van der Waals surface area contributed by atoms with Gasteiger partial charge in [-0.1, -0.05) is 286 Å². The summed E-state index contributed by atoms with van der Waals surface area (Å²) in [5.74, 6) is 0. The molecule has 0 saturated heterocycles. The van der Waals surface area contributed by atoms with Crippen LogP contribution in [0.2, 0.25) is 0 Å².